The van der Waals surface area contributed by atoms with Crippen LogP contribution in [0.5, 0.6) is 0 Å². The number of hydrogen-bond donors (Lipinski definition) is 4. The molecule has 1 aromatic carbocycles. The third-order valence-electron chi connectivity index (χ3n) is 7.40. The second-order valence-electron chi connectivity index (χ2n) is 10.1. The second kappa shape index (κ2) is 10.6. The molecule has 9 nitrogen and oxygen atoms in total. The molecule has 5 rings (SSSR count). The molecular weight excluding hydrogens is 487 g/mol. The van der Waals surface area contributed by atoms with Gasteiger partial charge in [-0.3, -0.25) is 14.6 Å². The summed E-state index contributed by atoms with van der Waals surface area (Å²) in [5.41, 5.74) is 9.31. The van der Waals surface area contributed by atoms with Gasteiger partial charge in [-0.1, -0.05) is 6.92 Å². The van der Waals surface area contributed by atoms with E-state index in [9.17, 15) is 14.7 Å². The molecule has 2 aromatic rings. The molecule has 5 N–H and O–H groups in total. The van der Waals surface area contributed by atoms with Crippen molar-refractivity contribution in [2.45, 2.75) is 51.0 Å². The number of nitrogens with two attached hydrogens (primary N) is 1. The smallest absolute Gasteiger partial charge is 0.250 e. The predicted octanol–water partition coefficient (Wildman–Crippen LogP) is 2.54. The van der Waals surface area contributed by atoms with Crippen LogP contribution < -0.4 is 16.4 Å². The molecule has 200 valence electrons. The number of aliphatic hydroxyl groups is 1. The Morgan fingerprint density at radius 3 is 2.82 bits per heavy atom. The number of carbonyl (C=O) groups excluding carboxylic acids is 2. The molecule has 2 amide bonds. The summed E-state index contributed by atoms with van der Waals surface area (Å²) in [5, 5.41) is 15.6. The molecule has 0 bridgehead atoms. The van der Waals surface area contributed by atoms with Gasteiger partial charge in [-0.25, -0.2) is 9.38 Å². The Bertz CT molecular complexity index is 1330. The summed E-state index contributed by atoms with van der Waals surface area (Å²) in [5.74, 6) is -0.893. The van der Waals surface area contributed by atoms with Crippen LogP contribution in [0.1, 0.15) is 55.0 Å². The fourth-order valence-electron chi connectivity index (χ4n) is 5.21. The van der Waals surface area contributed by atoms with Crippen molar-refractivity contribution in [3.05, 3.63) is 58.2 Å². The maximum absolute atomic E-state index is 15.5. The highest BCUT2D eigenvalue weighted by Crippen LogP contribution is 2.50. The first-order valence-corrected chi connectivity index (χ1v) is 13.1. The minimum Gasteiger partial charge on any atom is -0.395 e. The third kappa shape index (κ3) is 5.06. The number of fused-ring (bicyclic) bond motifs is 2. The average molecular weight is 521 g/mol. The number of rotatable bonds is 8. The average Bonchev–Trinajstić information content (AvgIpc) is 3.73. The minimum absolute atomic E-state index is 0.0692. The fraction of sp³-hybridized carbons (Fsp3) is 0.429. The number of anilines is 1. The molecule has 1 fully saturated rings. The molecule has 0 unspecified atom stereocenters. The van der Waals surface area contributed by atoms with Crippen molar-refractivity contribution in [1.29, 1.82) is 0 Å². The van der Waals surface area contributed by atoms with Gasteiger partial charge in [-0.2, -0.15) is 0 Å². The van der Waals surface area contributed by atoms with E-state index in [1.54, 1.807) is 12.3 Å². The van der Waals surface area contributed by atoms with E-state index < -0.39 is 11.2 Å². The van der Waals surface area contributed by atoms with Gasteiger partial charge in [0.2, 0.25) is 11.8 Å². The highest BCUT2D eigenvalue weighted by atomic mass is 19.1. The fourth-order valence-corrected chi connectivity index (χ4v) is 5.21. The Hall–Kier alpha value is -3.63. The number of amidine groups is 1. The van der Waals surface area contributed by atoms with Crippen molar-refractivity contribution >= 4 is 35.1 Å². The Balaban J connectivity index is 1.43. The Labute approximate surface area is 221 Å². The summed E-state index contributed by atoms with van der Waals surface area (Å²) >= 11 is 0. The summed E-state index contributed by atoms with van der Waals surface area (Å²) in [6.45, 7) is 4.02. The van der Waals surface area contributed by atoms with Gasteiger partial charge in [0.25, 0.3) is 0 Å². The van der Waals surface area contributed by atoms with Crippen LogP contribution in [-0.4, -0.2) is 58.9 Å². The van der Waals surface area contributed by atoms with Crippen LogP contribution in [0.4, 0.5) is 15.8 Å². The quantitative estimate of drug-likeness (QED) is 0.423. The van der Waals surface area contributed by atoms with Gasteiger partial charge in [-0.15, -0.1) is 0 Å². The number of amides is 2. The van der Waals surface area contributed by atoms with Gasteiger partial charge in [0.1, 0.15) is 11.7 Å². The molecule has 0 radical (unpaired) electrons. The van der Waals surface area contributed by atoms with E-state index in [1.165, 1.54) is 17.0 Å². The number of benzene rings is 1. The molecule has 0 saturated heterocycles. The summed E-state index contributed by atoms with van der Waals surface area (Å²) in [6.07, 6.45) is 5.98. The molecule has 1 saturated carbocycles. The molecule has 10 heteroatoms. The molecular formula is C28H33FN6O3. The second-order valence-corrected chi connectivity index (χ2v) is 10.1. The summed E-state index contributed by atoms with van der Waals surface area (Å²) in [4.78, 5) is 37.0. The first-order valence-electron chi connectivity index (χ1n) is 13.1. The van der Waals surface area contributed by atoms with Crippen LogP contribution in [-0.2, 0) is 28.0 Å². The maximum atomic E-state index is 15.5. The highest BCUT2D eigenvalue weighted by molar-refractivity contribution is 6.06. The normalized spacial score (nSPS) is 17.3. The van der Waals surface area contributed by atoms with Gasteiger partial charge in [0, 0.05) is 55.9 Å². The number of aliphatic imine (C=N–C) groups is 1. The van der Waals surface area contributed by atoms with E-state index in [-0.39, 0.29) is 42.8 Å². The number of halogens is 1. The zero-order valence-electron chi connectivity index (χ0n) is 21.5. The van der Waals surface area contributed by atoms with Crippen LogP contribution in [0.15, 0.2) is 35.0 Å². The Morgan fingerprint density at radius 2 is 2.08 bits per heavy atom. The zero-order valence-corrected chi connectivity index (χ0v) is 21.5. The molecule has 3 aliphatic rings. The number of aromatic nitrogens is 1. The summed E-state index contributed by atoms with van der Waals surface area (Å²) in [6, 6.07) is 5.01. The highest BCUT2D eigenvalue weighted by Gasteiger charge is 2.52. The van der Waals surface area contributed by atoms with Gasteiger partial charge in [0.15, 0.2) is 0 Å². The first-order chi connectivity index (χ1) is 18.3. The topological polar surface area (TPSA) is 133 Å². The van der Waals surface area contributed by atoms with Crippen LogP contribution in [0.25, 0.3) is 6.08 Å². The van der Waals surface area contributed by atoms with Crippen molar-refractivity contribution in [3.8, 4) is 0 Å². The Kier molecular flexibility index (Phi) is 7.27. The maximum Gasteiger partial charge on any atom is 0.250 e. The lowest BCUT2D eigenvalue weighted by atomic mass is 9.92. The first kappa shape index (κ1) is 26.0. The molecule has 1 aliphatic carbocycles. The molecule has 0 atom stereocenters. The third-order valence-corrected chi connectivity index (χ3v) is 7.40. The van der Waals surface area contributed by atoms with E-state index in [1.807, 2.05) is 13.0 Å². The Morgan fingerprint density at radius 1 is 1.26 bits per heavy atom. The van der Waals surface area contributed by atoms with Crippen molar-refractivity contribution in [2.24, 2.45) is 10.7 Å². The number of aliphatic hydroxyl groups excluding tert-OH is 1. The SMILES string of the molecule is CCCN(CCO)C(=O)C1=Cc2c(F)cc(C3(C(=O)Nc4cnc5c(c4)CNCC5)CC3)cc2N=C(N)C1. The van der Waals surface area contributed by atoms with Crippen molar-refractivity contribution < 1.29 is 19.1 Å². The number of nitrogens with zero attached hydrogens (tertiary/aromatic N) is 3. The standard InChI is InChI=1S/C28H33FN6O3/c1-2-7-35(8-9-36)26(37)17-11-21-22(29)13-19(14-24(21)34-25(30)12-17)28(4-5-28)27(38)33-20-10-18-15-31-6-3-23(18)32-16-20/h10-11,13-14,16,31,36H,2-9,12,15H2,1H3,(H2,30,34)(H,33,38). The van der Waals surface area contributed by atoms with Crippen molar-refractivity contribution in [1.82, 2.24) is 15.2 Å². The van der Waals surface area contributed by atoms with Crippen LogP contribution >= 0.6 is 0 Å². The lowest BCUT2D eigenvalue weighted by molar-refractivity contribution is -0.127. The van der Waals surface area contributed by atoms with E-state index in [4.69, 9.17) is 5.73 Å². The van der Waals surface area contributed by atoms with E-state index in [0.29, 0.717) is 48.4 Å². The predicted molar refractivity (Wildman–Crippen MR) is 143 cm³/mol. The molecule has 38 heavy (non-hydrogen) atoms. The van der Waals surface area contributed by atoms with E-state index in [2.05, 4.69) is 20.6 Å². The largest absolute Gasteiger partial charge is 0.395 e. The van der Waals surface area contributed by atoms with Gasteiger partial charge >= 0.3 is 0 Å². The van der Waals surface area contributed by atoms with Crippen LogP contribution in [0.2, 0.25) is 0 Å². The van der Waals surface area contributed by atoms with Gasteiger partial charge < -0.3 is 26.4 Å². The van der Waals surface area contributed by atoms with Crippen molar-refractivity contribution in [2.75, 3.05) is 31.6 Å². The number of hydrogen-bond acceptors (Lipinski definition) is 7. The zero-order chi connectivity index (χ0) is 26.9. The lowest BCUT2D eigenvalue weighted by Crippen LogP contribution is -2.36. The molecule has 2 aliphatic heterocycles. The number of pyridine rings is 1. The van der Waals surface area contributed by atoms with Gasteiger partial charge in [0.05, 0.1) is 29.6 Å². The number of carbonyl (C=O) groups is 2. The van der Waals surface area contributed by atoms with Gasteiger partial charge in [-0.05, 0) is 54.7 Å². The lowest BCUT2D eigenvalue weighted by Gasteiger charge is -2.22. The van der Waals surface area contributed by atoms with Crippen LogP contribution in [0.3, 0.4) is 0 Å². The summed E-state index contributed by atoms with van der Waals surface area (Å²) < 4.78 is 15.5. The number of nitrogens with one attached hydrogen (secondary N) is 2. The van der Waals surface area contributed by atoms with Crippen LogP contribution in [0, 0.1) is 5.82 Å². The molecule has 0 spiro atoms. The van der Waals surface area contributed by atoms with Crippen molar-refractivity contribution in [3.63, 3.8) is 0 Å². The molecule has 1 aromatic heterocycles. The summed E-state index contributed by atoms with van der Waals surface area (Å²) in [7, 11) is 0. The molecule has 3 heterocycles. The van der Waals surface area contributed by atoms with E-state index in [0.717, 1.165) is 30.6 Å². The monoisotopic (exact) mass is 520 g/mol. The minimum atomic E-state index is -0.859. The van der Waals surface area contributed by atoms with E-state index >= 15 is 4.39 Å².